The molecule has 1 aliphatic heterocycles. The molecule has 2 aromatic heterocycles. The maximum absolute atomic E-state index is 13.5. The van der Waals surface area contributed by atoms with Gasteiger partial charge in [-0.05, 0) is 44.4 Å². The number of nitrogens with one attached hydrogen (secondary N) is 1. The molecule has 1 fully saturated rings. The van der Waals surface area contributed by atoms with Crippen molar-refractivity contribution in [1.82, 2.24) is 24.6 Å². The van der Waals surface area contributed by atoms with E-state index in [1.54, 1.807) is 27.7 Å². The average Bonchev–Trinajstić information content (AvgIpc) is 3.28. The van der Waals surface area contributed by atoms with Gasteiger partial charge in [-0.3, -0.25) is 4.79 Å². The Labute approximate surface area is 249 Å². The van der Waals surface area contributed by atoms with Crippen LogP contribution >= 0.6 is 0 Å². The molecule has 3 heterocycles. The molecule has 232 valence electrons. The highest BCUT2D eigenvalue weighted by Crippen LogP contribution is 2.34. The zero-order chi connectivity index (χ0) is 30.3. The van der Waals surface area contributed by atoms with E-state index in [0.717, 1.165) is 25.1 Å². The summed E-state index contributed by atoms with van der Waals surface area (Å²) in [4.78, 5) is 21.1. The smallest absolute Gasteiger partial charge is 0.277 e. The van der Waals surface area contributed by atoms with E-state index in [0.29, 0.717) is 79.3 Å². The number of fused-ring (bicyclic) bond motifs is 1. The number of H-pyrrole nitrogens is 1. The Kier molecular flexibility index (Phi) is 11.0. The summed E-state index contributed by atoms with van der Waals surface area (Å²) >= 11 is 0. The highest BCUT2D eigenvalue weighted by atomic mass is 32.2. The highest BCUT2D eigenvalue weighted by Gasteiger charge is 2.31. The molecule has 1 aliphatic rings. The second-order valence-corrected chi connectivity index (χ2v) is 12.8. The second kappa shape index (κ2) is 14.5. The number of benzene rings is 1. The van der Waals surface area contributed by atoms with Gasteiger partial charge in [-0.25, -0.2) is 22.9 Å². The van der Waals surface area contributed by atoms with E-state index < -0.39 is 10.0 Å². The quantitative estimate of drug-likeness (QED) is 0.248. The van der Waals surface area contributed by atoms with E-state index >= 15 is 0 Å². The minimum absolute atomic E-state index is 0.00245. The lowest BCUT2D eigenvalue weighted by Gasteiger charge is -2.37. The summed E-state index contributed by atoms with van der Waals surface area (Å²) in [7, 11) is -3.67. The molecule has 4 rings (SSSR count). The molecule has 0 bridgehead atoms. The summed E-state index contributed by atoms with van der Waals surface area (Å²) in [5, 5.41) is 6.68. The molecule has 0 spiro atoms. The lowest BCUT2D eigenvalue weighted by Crippen LogP contribution is -2.52. The van der Waals surface area contributed by atoms with Crippen LogP contribution in [0.15, 0.2) is 23.0 Å². The fourth-order valence-electron chi connectivity index (χ4n) is 5.56. The van der Waals surface area contributed by atoms with Crippen LogP contribution in [-0.4, -0.2) is 71.7 Å². The monoisotopic (exact) mass is 602 g/mol. The van der Waals surface area contributed by atoms with Crippen LogP contribution < -0.4 is 14.7 Å². The molecule has 0 radical (unpaired) electrons. The number of nitrogens with zero attached hydrogens (tertiary/aromatic N) is 5. The predicted octanol–water partition coefficient (Wildman–Crippen LogP) is 4.73. The average molecular weight is 603 g/mol. The largest absolute Gasteiger partial charge is 0.493 e. The van der Waals surface area contributed by atoms with Gasteiger partial charge in [0.25, 0.3) is 5.56 Å². The summed E-state index contributed by atoms with van der Waals surface area (Å²) < 4.78 is 41.5. The zero-order valence-corrected chi connectivity index (χ0v) is 26.5. The van der Waals surface area contributed by atoms with Gasteiger partial charge in [-0.2, -0.15) is 4.41 Å². The number of hydrogen-bond acceptors (Lipinski definition) is 8. The van der Waals surface area contributed by atoms with Crippen molar-refractivity contribution in [2.45, 2.75) is 79.6 Å². The Morgan fingerprint density at radius 1 is 1.12 bits per heavy atom. The standard InChI is InChI=1S/C30H46N6O5S/c1-6-10-11-12-23(8-3)20-27-31-22(5)28-30(37)32-29(33-35(27)28)25-21-24(13-14-26(25)41-9-4)36(42(38,39)19-7-2)34-15-17-40-18-16-34/h13-14,21,23H,6-12,15-20H2,1-5H3,(H,32,33,37). The SMILES string of the molecule is CCCCCC(CC)Cc1nc(C)c2c(=O)[nH]c(-c3cc(N(N4CCOCC4)S(=O)(=O)CCC)ccc3OCC)nn12. The maximum atomic E-state index is 13.5. The number of aromatic amines is 1. The van der Waals surface area contributed by atoms with Crippen LogP contribution in [0.5, 0.6) is 5.75 Å². The van der Waals surface area contributed by atoms with E-state index in [9.17, 15) is 13.2 Å². The second-order valence-electron chi connectivity index (χ2n) is 10.9. The van der Waals surface area contributed by atoms with Gasteiger partial charge in [0.15, 0.2) is 11.3 Å². The van der Waals surface area contributed by atoms with Gasteiger partial charge in [0.1, 0.15) is 11.6 Å². The summed E-state index contributed by atoms with van der Waals surface area (Å²) in [5.74, 6) is 2.00. The fraction of sp³-hybridized carbons (Fsp3) is 0.633. The third kappa shape index (κ3) is 7.15. The molecule has 0 amide bonds. The Morgan fingerprint density at radius 2 is 1.88 bits per heavy atom. The number of sulfonamides is 1. The first-order valence-corrected chi connectivity index (χ1v) is 17.0. The number of rotatable bonds is 15. The van der Waals surface area contributed by atoms with Crippen LogP contribution in [0.1, 0.15) is 77.7 Å². The van der Waals surface area contributed by atoms with Crippen molar-refractivity contribution in [3.63, 3.8) is 0 Å². The Bertz CT molecular complexity index is 1500. The van der Waals surface area contributed by atoms with Crippen molar-refractivity contribution in [2.75, 3.05) is 43.1 Å². The van der Waals surface area contributed by atoms with Crippen LogP contribution in [0, 0.1) is 12.8 Å². The summed E-state index contributed by atoms with van der Waals surface area (Å²) in [6, 6.07) is 5.22. The van der Waals surface area contributed by atoms with Crippen molar-refractivity contribution >= 4 is 21.2 Å². The molecule has 1 unspecified atom stereocenters. The molecule has 0 aliphatic carbocycles. The van der Waals surface area contributed by atoms with Crippen LogP contribution in [0.25, 0.3) is 16.9 Å². The summed E-state index contributed by atoms with van der Waals surface area (Å²) in [6.45, 7) is 12.1. The minimum atomic E-state index is -3.67. The van der Waals surface area contributed by atoms with E-state index in [-0.39, 0.29) is 11.3 Å². The zero-order valence-electron chi connectivity index (χ0n) is 25.7. The van der Waals surface area contributed by atoms with E-state index in [1.807, 2.05) is 20.8 Å². The number of morpholine rings is 1. The number of aromatic nitrogens is 4. The fourth-order valence-corrected chi connectivity index (χ4v) is 7.20. The van der Waals surface area contributed by atoms with Gasteiger partial charge in [0.05, 0.1) is 42.5 Å². The van der Waals surface area contributed by atoms with E-state index in [2.05, 4.69) is 18.8 Å². The number of unbranched alkanes of at least 4 members (excludes halogenated alkanes) is 2. The minimum Gasteiger partial charge on any atom is -0.493 e. The lowest BCUT2D eigenvalue weighted by atomic mass is 9.95. The summed E-state index contributed by atoms with van der Waals surface area (Å²) in [5.41, 5.74) is 1.72. The maximum Gasteiger partial charge on any atom is 0.277 e. The molecule has 3 aromatic rings. The molecular weight excluding hydrogens is 556 g/mol. The summed E-state index contributed by atoms with van der Waals surface area (Å²) in [6.07, 6.45) is 6.88. The molecule has 0 saturated carbocycles. The van der Waals surface area contributed by atoms with Gasteiger partial charge in [0.2, 0.25) is 10.0 Å². The number of ether oxygens (including phenoxy) is 2. The molecule has 1 aromatic carbocycles. The molecule has 11 nitrogen and oxygen atoms in total. The van der Waals surface area contributed by atoms with Crippen LogP contribution in [-0.2, 0) is 21.2 Å². The number of anilines is 1. The van der Waals surface area contributed by atoms with Crippen LogP contribution in [0.2, 0.25) is 0 Å². The first kappa shape index (κ1) is 32.0. The van der Waals surface area contributed by atoms with Crippen LogP contribution in [0.4, 0.5) is 5.69 Å². The number of imidazole rings is 1. The van der Waals surface area contributed by atoms with Crippen LogP contribution in [0.3, 0.4) is 0 Å². The van der Waals surface area contributed by atoms with Crippen molar-refractivity contribution in [3.05, 3.63) is 40.1 Å². The topological polar surface area (TPSA) is 122 Å². The van der Waals surface area contributed by atoms with Gasteiger partial charge < -0.3 is 14.5 Å². The van der Waals surface area contributed by atoms with Gasteiger partial charge in [-0.1, -0.05) is 52.9 Å². The Morgan fingerprint density at radius 3 is 2.55 bits per heavy atom. The van der Waals surface area contributed by atoms with E-state index in [4.69, 9.17) is 19.6 Å². The molecule has 12 heteroatoms. The van der Waals surface area contributed by atoms with Crippen molar-refractivity contribution in [1.29, 1.82) is 0 Å². The molecule has 42 heavy (non-hydrogen) atoms. The first-order valence-electron chi connectivity index (χ1n) is 15.3. The van der Waals surface area contributed by atoms with Crippen molar-refractivity contribution in [2.24, 2.45) is 5.92 Å². The van der Waals surface area contributed by atoms with Gasteiger partial charge >= 0.3 is 0 Å². The highest BCUT2D eigenvalue weighted by molar-refractivity contribution is 7.92. The molecule has 1 N–H and O–H groups in total. The van der Waals surface area contributed by atoms with Crippen molar-refractivity contribution in [3.8, 4) is 17.1 Å². The van der Waals surface area contributed by atoms with Gasteiger partial charge in [0, 0.05) is 19.5 Å². The number of hydrogen-bond donors (Lipinski definition) is 1. The van der Waals surface area contributed by atoms with E-state index in [1.165, 1.54) is 23.7 Å². The third-order valence-electron chi connectivity index (χ3n) is 7.72. The first-order chi connectivity index (χ1) is 20.2. The predicted molar refractivity (Wildman–Crippen MR) is 166 cm³/mol. The van der Waals surface area contributed by atoms with Crippen molar-refractivity contribution < 1.29 is 17.9 Å². The normalized spacial score (nSPS) is 15.3. The molecular formula is C30H46N6O5S. The molecule has 1 atom stereocenters. The number of aryl methyl sites for hydroxylation is 1. The molecule has 1 saturated heterocycles. The third-order valence-corrected chi connectivity index (χ3v) is 9.61. The Hall–Kier alpha value is -2.96. The Balaban J connectivity index is 1.83. The lowest BCUT2D eigenvalue weighted by molar-refractivity contribution is 0.0409. The number of hydrazine groups is 1. The van der Waals surface area contributed by atoms with Gasteiger partial charge in [-0.15, -0.1) is 5.10 Å².